The van der Waals surface area contributed by atoms with Crippen LogP contribution in [0.15, 0.2) is 54.6 Å². The number of nitrogens with zero attached hydrogens (tertiary/aromatic N) is 2. The van der Waals surface area contributed by atoms with Crippen LogP contribution in [0.4, 0.5) is 4.39 Å². The fourth-order valence-electron chi connectivity index (χ4n) is 4.63. The van der Waals surface area contributed by atoms with E-state index in [9.17, 15) is 14.3 Å². The van der Waals surface area contributed by atoms with Gasteiger partial charge >= 0.3 is 0 Å². The summed E-state index contributed by atoms with van der Waals surface area (Å²) in [5.41, 5.74) is 2.05. The van der Waals surface area contributed by atoms with Gasteiger partial charge in [-0.2, -0.15) is 0 Å². The van der Waals surface area contributed by atoms with Crippen LogP contribution in [0.2, 0.25) is 0 Å². The van der Waals surface area contributed by atoms with Crippen LogP contribution in [0.25, 0.3) is 0 Å². The zero-order valence-electron chi connectivity index (χ0n) is 16.2. The maximum atomic E-state index is 15.0. The van der Waals surface area contributed by atoms with Crippen molar-refractivity contribution in [3.63, 3.8) is 0 Å². The van der Waals surface area contributed by atoms with Crippen LogP contribution < -0.4 is 0 Å². The maximum Gasteiger partial charge on any atom is 0.240 e. The van der Waals surface area contributed by atoms with Crippen LogP contribution in [-0.4, -0.2) is 52.7 Å². The minimum atomic E-state index is -1.01. The van der Waals surface area contributed by atoms with Crippen LogP contribution in [-0.2, 0) is 4.79 Å². The van der Waals surface area contributed by atoms with Crippen molar-refractivity contribution in [3.05, 3.63) is 65.7 Å². The van der Waals surface area contributed by atoms with Crippen LogP contribution in [0.3, 0.4) is 0 Å². The maximum absolute atomic E-state index is 15.0. The number of halogens is 1. The number of rotatable bonds is 4. The van der Waals surface area contributed by atoms with Gasteiger partial charge in [-0.3, -0.25) is 9.69 Å². The van der Waals surface area contributed by atoms with Crippen LogP contribution in [0.5, 0.6) is 5.75 Å². The number of aromatic hydroxyl groups is 1. The number of carbonyl (C=O) groups is 1. The first-order chi connectivity index (χ1) is 13.5. The molecule has 2 heterocycles. The first-order valence-electron chi connectivity index (χ1n) is 10.1. The van der Waals surface area contributed by atoms with E-state index in [-0.39, 0.29) is 36.2 Å². The second-order valence-corrected chi connectivity index (χ2v) is 7.92. The number of amides is 1. The minimum Gasteiger partial charge on any atom is -0.508 e. The Morgan fingerprint density at radius 1 is 1.04 bits per heavy atom. The second kappa shape index (κ2) is 7.92. The number of carbonyl (C=O) groups excluding carboxylic acids is 1. The molecule has 0 aromatic heterocycles. The normalized spacial score (nSPS) is 27.1. The van der Waals surface area contributed by atoms with E-state index >= 15 is 0 Å². The molecule has 1 unspecified atom stereocenters. The zero-order valence-corrected chi connectivity index (χ0v) is 16.2. The highest BCUT2D eigenvalue weighted by Gasteiger charge is 2.41. The largest absolute Gasteiger partial charge is 0.508 e. The second-order valence-electron chi connectivity index (χ2n) is 7.92. The summed E-state index contributed by atoms with van der Waals surface area (Å²) in [5, 5.41) is 9.44. The molecule has 4 atom stereocenters. The lowest BCUT2D eigenvalue weighted by atomic mass is 9.87. The summed E-state index contributed by atoms with van der Waals surface area (Å²) >= 11 is 0. The van der Waals surface area contributed by atoms with E-state index in [1.807, 2.05) is 40.1 Å². The number of alkyl halides is 1. The number of phenolic OH excluding ortho intramolecular Hbond substituents is 1. The van der Waals surface area contributed by atoms with Crippen LogP contribution >= 0.6 is 0 Å². The van der Waals surface area contributed by atoms with Gasteiger partial charge in [0.2, 0.25) is 5.91 Å². The Morgan fingerprint density at radius 2 is 1.75 bits per heavy atom. The van der Waals surface area contributed by atoms with Gasteiger partial charge < -0.3 is 10.0 Å². The number of hydrogen-bond acceptors (Lipinski definition) is 3. The molecule has 4 rings (SSSR count). The number of piperidine rings is 1. The number of phenols is 1. The Bertz CT molecular complexity index is 811. The van der Waals surface area contributed by atoms with E-state index in [0.717, 1.165) is 24.1 Å². The molecule has 0 bridgehead atoms. The molecule has 0 spiro atoms. The predicted molar refractivity (Wildman–Crippen MR) is 107 cm³/mol. The Morgan fingerprint density at radius 3 is 2.43 bits per heavy atom. The lowest BCUT2D eigenvalue weighted by Crippen LogP contribution is -2.49. The van der Waals surface area contributed by atoms with Crippen molar-refractivity contribution >= 4 is 5.91 Å². The van der Waals surface area contributed by atoms with Gasteiger partial charge in [0, 0.05) is 19.0 Å². The molecular formula is C23H27FN2O2. The van der Waals surface area contributed by atoms with Gasteiger partial charge in [-0.1, -0.05) is 42.5 Å². The molecule has 4 nitrogen and oxygen atoms in total. The van der Waals surface area contributed by atoms with E-state index in [1.165, 1.54) is 0 Å². The summed E-state index contributed by atoms with van der Waals surface area (Å²) in [6, 6.07) is 16.7. The number of likely N-dealkylation sites (tertiary alicyclic amines) is 2. The third-order valence-corrected chi connectivity index (χ3v) is 6.30. The smallest absolute Gasteiger partial charge is 0.240 e. The van der Waals surface area contributed by atoms with Gasteiger partial charge in [0.1, 0.15) is 11.9 Å². The molecular weight excluding hydrogens is 355 g/mol. The molecule has 28 heavy (non-hydrogen) atoms. The highest BCUT2D eigenvalue weighted by Crippen LogP contribution is 2.35. The summed E-state index contributed by atoms with van der Waals surface area (Å²) in [5.74, 6) is 0.139. The predicted octanol–water partition coefficient (Wildman–Crippen LogP) is 3.88. The van der Waals surface area contributed by atoms with Crippen molar-refractivity contribution in [1.82, 2.24) is 9.80 Å². The van der Waals surface area contributed by atoms with Crippen molar-refractivity contribution < 1.29 is 14.3 Å². The summed E-state index contributed by atoms with van der Waals surface area (Å²) in [7, 11) is 0. The Balaban J connectivity index is 1.41. The average molecular weight is 382 g/mol. The van der Waals surface area contributed by atoms with Crippen molar-refractivity contribution in [3.8, 4) is 5.75 Å². The summed E-state index contributed by atoms with van der Waals surface area (Å²) in [4.78, 5) is 17.0. The molecule has 2 aromatic carbocycles. The molecule has 1 amide bonds. The molecule has 0 radical (unpaired) electrons. The standard InChI is InChI=1S/C23H27FN2O2/c1-16(17-5-3-2-4-6-17)26-14-12-22(23(26)28)25-13-11-20(21(24)15-25)18-7-9-19(27)10-8-18/h2-10,16,20-22,27H,11-15H2,1H3/t16-,20+,21-,22?/m0/s1. The third-order valence-electron chi connectivity index (χ3n) is 6.30. The highest BCUT2D eigenvalue weighted by atomic mass is 19.1. The Kier molecular flexibility index (Phi) is 5.36. The molecule has 2 aliphatic heterocycles. The van der Waals surface area contributed by atoms with Gasteiger partial charge in [-0.15, -0.1) is 0 Å². The topological polar surface area (TPSA) is 43.8 Å². The quantitative estimate of drug-likeness (QED) is 0.873. The molecule has 2 aliphatic rings. The van der Waals surface area contributed by atoms with Crippen molar-refractivity contribution in [2.24, 2.45) is 0 Å². The summed E-state index contributed by atoms with van der Waals surface area (Å²) in [6.45, 7) is 3.78. The first kappa shape index (κ1) is 18.9. The SMILES string of the molecule is C[C@@H](c1ccccc1)N1CCC(N2CC[C@H](c3ccc(O)cc3)[C@@H](F)C2)C1=O. The third kappa shape index (κ3) is 3.63. The van der Waals surface area contributed by atoms with Gasteiger partial charge in [-0.05, 0) is 49.6 Å². The molecule has 2 saturated heterocycles. The minimum absolute atomic E-state index is 0.0365. The van der Waals surface area contributed by atoms with Crippen LogP contribution in [0, 0.1) is 0 Å². The summed E-state index contributed by atoms with van der Waals surface area (Å²) in [6.07, 6.45) is 0.433. The molecule has 2 aromatic rings. The molecule has 0 saturated carbocycles. The number of benzene rings is 2. The van der Waals surface area contributed by atoms with Crippen molar-refractivity contribution in [2.45, 2.75) is 43.9 Å². The molecule has 5 heteroatoms. The highest BCUT2D eigenvalue weighted by molar-refractivity contribution is 5.84. The van der Waals surface area contributed by atoms with E-state index in [2.05, 4.69) is 6.92 Å². The fraction of sp³-hybridized carbons (Fsp3) is 0.435. The molecule has 148 valence electrons. The Labute approximate surface area is 165 Å². The van der Waals surface area contributed by atoms with Crippen molar-refractivity contribution in [1.29, 1.82) is 0 Å². The lowest BCUT2D eigenvalue weighted by Gasteiger charge is -2.38. The molecule has 2 fully saturated rings. The zero-order chi connectivity index (χ0) is 19.7. The lowest BCUT2D eigenvalue weighted by molar-refractivity contribution is -0.134. The fourth-order valence-corrected chi connectivity index (χ4v) is 4.63. The van der Waals surface area contributed by atoms with E-state index in [1.54, 1.807) is 24.3 Å². The van der Waals surface area contributed by atoms with Crippen LogP contribution in [0.1, 0.15) is 42.9 Å². The molecule has 1 N–H and O–H groups in total. The Hall–Kier alpha value is -2.40. The van der Waals surface area contributed by atoms with E-state index < -0.39 is 6.17 Å². The van der Waals surface area contributed by atoms with Gasteiger partial charge in [0.15, 0.2) is 0 Å². The van der Waals surface area contributed by atoms with Gasteiger partial charge in [-0.25, -0.2) is 4.39 Å². The summed E-state index contributed by atoms with van der Waals surface area (Å²) < 4.78 is 15.0. The van der Waals surface area contributed by atoms with E-state index in [4.69, 9.17) is 0 Å². The van der Waals surface area contributed by atoms with E-state index in [0.29, 0.717) is 13.0 Å². The van der Waals surface area contributed by atoms with Gasteiger partial charge in [0.05, 0.1) is 12.1 Å². The monoisotopic (exact) mass is 382 g/mol. The van der Waals surface area contributed by atoms with Gasteiger partial charge in [0.25, 0.3) is 0 Å². The molecule has 0 aliphatic carbocycles. The average Bonchev–Trinajstić information content (AvgIpc) is 3.10. The first-order valence-corrected chi connectivity index (χ1v) is 10.1. The number of hydrogen-bond donors (Lipinski definition) is 1. The van der Waals surface area contributed by atoms with Crippen molar-refractivity contribution in [2.75, 3.05) is 19.6 Å².